The smallest absolute Gasteiger partial charge is 0.166 e. The van der Waals surface area contributed by atoms with Gasteiger partial charge in [-0.1, -0.05) is 13.3 Å². The normalized spacial score (nSPS) is 16.6. The van der Waals surface area contributed by atoms with Gasteiger partial charge >= 0.3 is 0 Å². The van der Waals surface area contributed by atoms with Crippen LogP contribution in [0.5, 0.6) is 0 Å². The molecule has 2 rings (SSSR count). The van der Waals surface area contributed by atoms with E-state index in [0.717, 1.165) is 0 Å². The second-order valence-corrected chi connectivity index (χ2v) is 4.97. The first-order chi connectivity index (χ1) is 9.56. The summed E-state index contributed by atoms with van der Waals surface area (Å²) < 4.78 is 54.6. The zero-order chi connectivity index (χ0) is 14.7. The van der Waals surface area contributed by atoms with Gasteiger partial charge in [-0.15, -0.1) is 24.8 Å². The van der Waals surface area contributed by atoms with Crippen molar-refractivity contribution in [2.45, 2.75) is 25.8 Å². The lowest BCUT2D eigenvalue weighted by molar-refractivity contribution is 0.156. The second kappa shape index (κ2) is 9.55. The number of halogens is 6. The van der Waals surface area contributed by atoms with Crippen molar-refractivity contribution in [1.82, 2.24) is 10.2 Å². The molecule has 1 saturated heterocycles. The van der Waals surface area contributed by atoms with Gasteiger partial charge in [0.1, 0.15) is 0 Å². The van der Waals surface area contributed by atoms with Gasteiger partial charge < -0.3 is 5.32 Å². The summed E-state index contributed by atoms with van der Waals surface area (Å²) in [5.41, 5.74) is -0.480. The molecule has 22 heavy (non-hydrogen) atoms. The van der Waals surface area contributed by atoms with Gasteiger partial charge in [0.25, 0.3) is 0 Å². The van der Waals surface area contributed by atoms with E-state index >= 15 is 0 Å². The van der Waals surface area contributed by atoms with Crippen molar-refractivity contribution >= 4 is 24.8 Å². The Bertz CT molecular complexity index is 456. The molecular formula is C14H20Cl2F4N2. The van der Waals surface area contributed by atoms with Crippen molar-refractivity contribution < 1.29 is 17.6 Å². The highest BCUT2D eigenvalue weighted by Crippen LogP contribution is 2.32. The number of benzene rings is 1. The van der Waals surface area contributed by atoms with E-state index in [2.05, 4.69) is 5.32 Å². The lowest BCUT2D eigenvalue weighted by Crippen LogP contribution is -2.45. The van der Waals surface area contributed by atoms with E-state index in [0.29, 0.717) is 39.0 Å². The maximum Gasteiger partial charge on any atom is 0.166 e. The van der Waals surface area contributed by atoms with Crippen LogP contribution in [0.15, 0.2) is 6.07 Å². The molecule has 0 spiro atoms. The molecule has 1 N–H and O–H groups in total. The highest BCUT2D eigenvalue weighted by molar-refractivity contribution is 5.85. The lowest BCUT2D eigenvalue weighted by Gasteiger charge is -2.35. The van der Waals surface area contributed by atoms with Gasteiger partial charge in [0.2, 0.25) is 0 Å². The minimum absolute atomic E-state index is 0. The first kappa shape index (κ1) is 21.4. The van der Waals surface area contributed by atoms with E-state index in [1.165, 1.54) is 0 Å². The first-order valence-electron chi connectivity index (χ1n) is 6.84. The zero-order valence-corrected chi connectivity index (χ0v) is 13.8. The molecule has 8 heteroatoms. The standard InChI is InChI=1S/C14H18F4N2.2ClH/c1-2-3-11(20-6-4-19-5-7-20)12-13(17)9(15)8-10(16)14(12)18;;/h8,11,19H,2-7H2,1H3;2*1H/t11-;;/m1../s1. The quantitative estimate of drug-likeness (QED) is 0.646. The summed E-state index contributed by atoms with van der Waals surface area (Å²) in [6, 6.07) is -0.373. The molecule has 0 bridgehead atoms. The zero-order valence-electron chi connectivity index (χ0n) is 12.2. The monoisotopic (exact) mass is 362 g/mol. The van der Waals surface area contributed by atoms with Crippen LogP contribution in [-0.2, 0) is 0 Å². The molecule has 1 atom stereocenters. The summed E-state index contributed by atoms with van der Waals surface area (Å²) in [5.74, 6) is -5.23. The van der Waals surface area contributed by atoms with Crippen LogP contribution in [0.4, 0.5) is 17.6 Å². The molecule has 1 aliphatic rings. The fourth-order valence-electron chi connectivity index (χ4n) is 2.66. The number of hydrogen-bond donors (Lipinski definition) is 1. The van der Waals surface area contributed by atoms with E-state index in [1.54, 1.807) is 0 Å². The van der Waals surface area contributed by atoms with Crippen molar-refractivity contribution in [2.75, 3.05) is 26.2 Å². The minimum Gasteiger partial charge on any atom is -0.314 e. The molecule has 1 fully saturated rings. The fourth-order valence-corrected chi connectivity index (χ4v) is 2.66. The third-order valence-corrected chi connectivity index (χ3v) is 3.63. The molecule has 1 aromatic carbocycles. The Labute approximate surface area is 140 Å². The van der Waals surface area contributed by atoms with Gasteiger partial charge in [-0.2, -0.15) is 0 Å². The molecule has 0 aliphatic carbocycles. The summed E-state index contributed by atoms with van der Waals surface area (Å²) in [4.78, 5) is 1.88. The largest absolute Gasteiger partial charge is 0.314 e. The highest BCUT2D eigenvalue weighted by atomic mass is 35.5. The SMILES string of the molecule is CCC[C@H](c1c(F)c(F)cc(F)c1F)N1CCNCC1.Cl.Cl. The Kier molecular flexibility index (Phi) is 9.31. The number of hydrogen-bond acceptors (Lipinski definition) is 2. The first-order valence-corrected chi connectivity index (χ1v) is 6.84. The molecule has 0 amide bonds. The van der Waals surface area contributed by atoms with Crippen LogP contribution < -0.4 is 5.32 Å². The lowest BCUT2D eigenvalue weighted by atomic mass is 9.98. The van der Waals surface area contributed by atoms with E-state index in [9.17, 15) is 17.6 Å². The van der Waals surface area contributed by atoms with Crippen LogP contribution in [0.25, 0.3) is 0 Å². The molecule has 2 nitrogen and oxygen atoms in total. The summed E-state index contributed by atoms with van der Waals surface area (Å²) in [6.07, 6.45) is 1.13. The highest BCUT2D eigenvalue weighted by Gasteiger charge is 2.30. The molecule has 1 aromatic rings. The maximum atomic E-state index is 13.9. The number of piperazine rings is 1. The second-order valence-electron chi connectivity index (χ2n) is 4.97. The number of nitrogens with zero attached hydrogens (tertiary/aromatic N) is 1. The Morgan fingerprint density at radius 3 is 2.00 bits per heavy atom. The van der Waals surface area contributed by atoms with Gasteiger partial charge in [0.15, 0.2) is 23.3 Å². The van der Waals surface area contributed by atoms with Crippen LogP contribution in [0.1, 0.15) is 31.4 Å². The van der Waals surface area contributed by atoms with E-state index < -0.39 is 34.9 Å². The van der Waals surface area contributed by atoms with Gasteiger partial charge in [0, 0.05) is 43.9 Å². The van der Waals surface area contributed by atoms with Crippen LogP contribution in [0.3, 0.4) is 0 Å². The molecule has 128 valence electrons. The predicted molar refractivity (Wildman–Crippen MR) is 82.9 cm³/mol. The van der Waals surface area contributed by atoms with Crippen molar-refractivity contribution in [2.24, 2.45) is 0 Å². The van der Waals surface area contributed by atoms with Gasteiger partial charge in [-0.3, -0.25) is 4.90 Å². The molecule has 0 radical (unpaired) electrons. The molecule has 0 saturated carbocycles. The Hall–Kier alpha value is -0.560. The average Bonchev–Trinajstić information content (AvgIpc) is 2.45. The van der Waals surface area contributed by atoms with Crippen LogP contribution in [0.2, 0.25) is 0 Å². The summed E-state index contributed by atoms with van der Waals surface area (Å²) in [5, 5.41) is 3.14. The molecule has 0 aromatic heterocycles. The Morgan fingerprint density at radius 1 is 1.05 bits per heavy atom. The van der Waals surface area contributed by atoms with Gasteiger partial charge in [-0.05, 0) is 6.42 Å². The van der Waals surface area contributed by atoms with Crippen LogP contribution >= 0.6 is 24.8 Å². The molecular weight excluding hydrogens is 343 g/mol. The van der Waals surface area contributed by atoms with Gasteiger partial charge in [0.05, 0.1) is 0 Å². The summed E-state index contributed by atoms with van der Waals surface area (Å²) in [6.45, 7) is 4.46. The van der Waals surface area contributed by atoms with Gasteiger partial charge in [-0.25, -0.2) is 17.6 Å². The van der Waals surface area contributed by atoms with Crippen molar-refractivity contribution in [3.8, 4) is 0 Å². The molecule has 1 heterocycles. The van der Waals surface area contributed by atoms with Crippen molar-refractivity contribution in [1.29, 1.82) is 0 Å². The Morgan fingerprint density at radius 2 is 1.55 bits per heavy atom. The number of rotatable bonds is 4. The summed E-state index contributed by atoms with van der Waals surface area (Å²) >= 11 is 0. The number of nitrogens with one attached hydrogen (secondary N) is 1. The summed E-state index contributed by atoms with van der Waals surface area (Å²) in [7, 11) is 0. The third kappa shape index (κ3) is 4.47. The van der Waals surface area contributed by atoms with Crippen molar-refractivity contribution in [3.63, 3.8) is 0 Å². The Balaban J connectivity index is 0.00000220. The maximum absolute atomic E-state index is 13.9. The van der Waals surface area contributed by atoms with E-state index in [4.69, 9.17) is 0 Å². The van der Waals surface area contributed by atoms with E-state index in [1.807, 2.05) is 11.8 Å². The van der Waals surface area contributed by atoms with E-state index in [-0.39, 0.29) is 30.9 Å². The topological polar surface area (TPSA) is 15.3 Å². The van der Waals surface area contributed by atoms with Crippen LogP contribution in [0, 0.1) is 23.3 Å². The molecule has 1 aliphatic heterocycles. The molecule has 0 unspecified atom stereocenters. The predicted octanol–water partition coefficient (Wildman–Crippen LogP) is 3.83. The minimum atomic E-state index is -1.34. The third-order valence-electron chi connectivity index (χ3n) is 3.63. The van der Waals surface area contributed by atoms with Crippen LogP contribution in [-0.4, -0.2) is 31.1 Å². The average molecular weight is 363 g/mol. The van der Waals surface area contributed by atoms with Crippen molar-refractivity contribution in [3.05, 3.63) is 34.9 Å². The fraction of sp³-hybridized carbons (Fsp3) is 0.571.